The summed E-state index contributed by atoms with van der Waals surface area (Å²) in [7, 11) is 1.69. The van der Waals surface area contributed by atoms with Crippen LogP contribution in [0.5, 0.6) is 0 Å². The van der Waals surface area contributed by atoms with Gasteiger partial charge in [0, 0.05) is 12.6 Å². The Balaban J connectivity index is 1.70. The molecule has 0 radical (unpaired) electrons. The van der Waals surface area contributed by atoms with Crippen molar-refractivity contribution in [3.63, 3.8) is 0 Å². The first-order valence-electron chi connectivity index (χ1n) is 8.60. The van der Waals surface area contributed by atoms with Gasteiger partial charge < -0.3 is 13.9 Å². The maximum absolute atomic E-state index is 14.2. The van der Waals surface area contributed by atoms with E-state index in [4.69, 9.17) is 4.42 Å². The lowest BCUT2D eigenvalue weighted by Gasteiger charge is -2.17. The lowest BCUT2D eigenvalue weighted by Crippen LogP contribution is -2.27. The van der Waals surface area contributed by atoms with Crippen LogP contribution in [0.1, 0.15) is 21.9 Å². The van der Waals surface area contributed by atoms with E-state index in [1.165, 1.54) is 17.2 Å². The molecule has 2 aromatic heterocycles. The van der Waals surface area contributed by atoms with Crippen molar-refractivity contribution in [3.05, 3.63) is 89.9 Å². The first-order valence-corrected chi connectivity index (χ1v) is 8.60. The molecule has 0 aliphatic carbocycles. The fourth-order valence-corrected chi connectivity index (χ4v) is 3.09. The fourth-order valence-electron chi connectivity index (χ4n) is 3.09. The van der Waals surface area contributed by atoms with Crippen LogP contribution in [-0.4, -0.2) is 27.4 Å². The third-order valence-corrected chi connectivity index (χ3v) is 4.48. The molecule has 136 valence electrons. The lowest BCUT2D eigenvalue weighted by atomic mass is 10.2. The molecule has 2 heterocycles. The second kappa shape index (κ2) is 7.07. The zero-order valence-electron chi connectivity index (χ0n) is 14.8. The van der Waals surface area contributed by atoms with Gasteiger partial charge in [-0.3, -0.25) is 4.79 Å². The largest absolute Gasteiger partial charge is 0.459 e. The summed E-state index contributed by atoms with van der Waals surface area (Å²) in [5.41, 5.74) is 2.28. The SMILES string of the molecule is CN(Cc1nc2ccccc2n1Cc1ccccc1F)C(=O)c1ccco1. The molecule has 0 spiro atoms. The second-order valence-corrected chi connectivity index (χ2v) is 6.33. The number of carbonyl (C=O) groups excluding carboxylic acids is 1. The molecule has 0 N–H and O–H groups in total. The fraction of sp³-hybridized carbons (Fsp3) is 0.143. The number of benzene rings is 2. The Kier molecular flexibility index (Phi) is 4.46. The van der Waals surface area contributed by atoms with Crippen molar-refractivity contribution >= 4 is 16.9 Å². The van der Waals surface area contributed by atoms with E-state index in [1.54, 1.807) is 31.3 Å². The minimum Gasteiger partial charge on any atom is -0.459 e. The number of nitrogens with zero attached hydrogens (tertiary/aromatic N) is 3. The first kappa shape index (κ1) is 17.0. The number of hydrogen-bond acceptors (Lipinski definition) is 3. The number of amides is 1. The summed E-state index contributed by atoms with van der Waals surface area (Å²) in [6.45, 7) is 0.619. The Bertz CT molecular complexity index is 1090. The normalized spacial score (nSPS) is 11.0. The van der Waals surface area contributed by atoms with Crippen molar-refractivity contribution in [2.24, 2.45) is 0 Å². The predicted molar refractivity (Wildman–Crippen MR) is 99.7 cm³/mol. The van der Waals surface area contributed by atoms with Crippen LogP contribution in [-0.2, 0) is 13.1 Å². The second-order valence-electron chi connectivity index (χ2n) is 6.33. The van der Waals surface area contributed by atoms with Gasteiger partial charge in [-0.15, -0.1) is 0 Å². The van der Waals surface area contributed by atoms with Gasteiger partial charge in [0.15, 0.2) is 5.76 Å². The van der Waals surface area contributed by atoms with E-state index in [0.717, 1.165) is 11.0 Å². The number of rotatable bonds is 5. The average molecular weight is 363 g/mol. The Morgan fingerprint density at radius 2 is 1.89 bits per heavy atom. The van der Waals surface area contributed by atoms with Crippen LogP contribution in [0.15, 0.2) is 71.3 Å². The van der Waals surface area contributed by atoms with Crippen LogP contribution in [0.4, 0.5) is 4.39 Å². The summed E-state index contributed by atoms with van der Waals surface area (Å²) >= 11 is 0. The maximum Gasteiger partial charge on any atom is 0.289 e. The smallest absolute Gasteiger partial charge is 0.289 e. The molecular weight excluding hydrogens is 345 g/mol. The van der Waals surface area contributed by atoms with Gasteiger partial charge in [-0.05, 0) is 30.3 Å². The highest BCUT2D eigenvalue weighted by Gasteiger charge is 2.19. The summed E-state index contributed by atoms with van der Waals surface area (Å²) in [4.78, 5) is 18.7. The van der Waals surface area contributed by atoms with Gasteiger partial charge in [0.05, 0.1) is 30.4 Å². The molecular formula is C21H18FN3O2. The van der Waals surface area contributed by atoms with Gasteiger partial charge in [0.1, 0.15) is 11.6 Å². The number of furan rings is 1. The minimum atomic E-state index is -0.263. The molecule has 0 unspecified atom stereocenters. The van der Waals surface area contributed by atoms with E-state index in [0.29, 0.717) is 17.9 Å². The summed E-state index contributed by atoms with van der Waals surface area (Å²) in [5.74, 6) is 0.460. The predicted octanol–water partition coefficient (Wildman–Crippen LogP) is 4.09. The van der Waals surface area contributed by atoms with Crippen molar-refractivity contribution in [3.8, 4) is 0 Å². The van der Waals surface area contributed by atoms with Gasteiger partial charge in [-0.25, -0.2) is 9.37 Å². The molecule has 0 bridgehead atoms. The number of fused-ring (bicyclic) bond motifs is 1. The van der Waals surface area contributed by atoms with E-state index in [-0.39, 0.29) is 24.0 Å². The van der Waals surface area contributed by atoms with Gasteiger partial charge in [0.25, 0.3) is 5.91 Å². The summed E-state index contributed by atoms with van der Waals surface area (Å²) < 4.78 is 21.3. The number of aromatic nitrogens is 2. The first-order chi connectivity index (χ1) is 13.1. The third kappa shape index (κ3) is 3.33. The maximum atomic E-state index is 14.2. The van der Waals surface area contributed by atoms with Gasteiger partial charge >= 0.3 is 0 Å². The van der Waals surface area contributed by atoms with E-state index < -0.39 is 0 Å². The molecule has 0 saturated heterocycles. The molecule has 0 aliphatic heterocycles. The van der Waals surface area contributed by atoms with Crippen LogP contribution in [0.25, 0.3) is 11.0 Å². The van der Waals surface area contributed by atoms with Crippen LogP contribution in [0, 0.1) is 5.82 Å². The Labute approximate surface area is 155 Å². The average Bonchev–Trinajstić information content (AvgIpc) is 3.32. The zero-order valence-corrected chi connectivity index (χ0v) is 14.8. The number of carbonyl (C=O) groups is 1. The van der Waals surface area contributed by atoms with Crippen molar-refractivity contribution in [2.75, 3.05) is 7.05 Å². The highest BCUT2D eigenvalue weighted by Crippen LogP contribution is 2.20. The molecule has 0 saturated carbocycles. The van der Waals surface area contributed by atoms with Gasteiger partial charge in [0.2, 0.25) is 0 Å². The Hall–Kier alpha value is -3.41. The van der Waals surface area contributed by atoms with Crippen LogP contribution in [0.3, 0.4) is 0 Å². The van der Waals surface area contributed by atoms with Crippen LogP contribution < -0.4 is 0 Å². The number of halogens is 1. The quantitative estimate of drug-likeness (QED) is 0.537. The Morgan fingerprint density at radius 3 is 2.67 bits per heavy atom. The lowest BCUT2D eigenvalue weighted by molar-refractivity contribution is 0.0748. The summed E-state index contributed by atoms with van der Waals surface area (Å²) in [6.07, 6.45) is 1.47. The molecule has 6 heteroatoms. The van der Waals surface area contributed by atoms with Crippen molar-refractivity contribution < 1.29 is 13.6 Å². The Morgan fingerprint density at radius 1 is 1.11 bits per heavy atom. The van der Waals surface area contributed by atoms with Crippen LogP contribution >= 0.6 is 0 Å². The van der Waals surface area contributed by atoms with E-state index >= 15 is 0 Å². The molecule has 1 amide bonds. The van der Waals surface area contributed by atoms with E-state index in [9.17, 15) is 9.18 Å². The van der Waals surface area contributed by atoms with Crippen LogP contribution in [0.2, 0.25) is 0 Å². The van der Waals surface area contributed by atoms with E-state index in [2.05, 4.69) is 4.98 Å². The van der Waals surface area contributed by atoms with Crippen molar-refractivity contribution in [2.45, 2.75) is 13.1 Å². The molecule has 5 nitrogen and oxygen atoms in total. The number of imidazole rings is 1. The minimum absolute atomic E-state index is 0.232. The molecule has 0 aliphatic rings. The van der Waals surface area contributed by atoms with Gasteiger partial charge in [-0.2, -0.15) is 0 Å². The molecule has 27 heavy (non-hydrogen) atoms. The highest BCUT2D eigenvalue weighted by atomic mass is 19.1. The standard InChI is InChI=1S/C21H18FN3O2/c1-24(21(26)19-11-6-12-27-19)14-20-23-17-9-4-5-10-18(17)25(20)13-15-7-2-3-8-16(15)22/h2-12H,13-14H2,1H3. The molecule has 0 fully saturated rings. The molecule has 2 aromatic carbocycles. The van der Waals surface area contributed by atoms with Crippen molar-refractivity contribution in [1.82, 2.24) is 14.5 Å². The summed E-state index contributed by atoms with van der Waals surface area (Å²) in [5, 5.41) is 0. The zero-order chi connectivity index (χ0) is 18.8. The molecule has 4 rings (SSSR count). The third-order valence-electron chi connectivity index (χ3n) is 4.48. The summed E-state index contributed by atoms with van der Waals surface area (Å²) in [6, 6.07) is 17.7. The van der Waals surface area contributed by atoms with Crippen molar-refractivity contribution in [1.29, 1.82) is 0 Å². The van der Waals surface area contributed by atoms with E-state index in [1.807, 2.05) is 34.9 Å². The highest BCUT2D eigenvalue weighted by molar-refractivity contribution is 5.91. The topological polar surface area (TPSA) is 51.3 Å². The molecule has 4 aromatic rings. The monoisotopic (exact) mass is 363 g/mol. The van der Waals surface area contributed by atoms with Gasteiger partial charge in [-0.1, -0.05) is 30.3 Å². The number of para-hydroxylation sites is 2. The molecule has 0 atom stereocenters. The number of hydrogen-bond donors (Lipinski definition) is 0.